The molecule has 5 atom stereocenters. The molecule has 3 fully saturated rings. The fraction of sp³-hybridized carbons (Fsp3) is 0.409. The molecule has 0 aliphatic carbocycles. The van der Waals surface area contributed by atoms with Gasteiger partial charge in [0.25, 0.3) is 0 Å². The van der Waals surface area contributed by atoms with E-state index in [1.807, 2.05) is 36.5 Å². The van der Waals surface area contributed by atoms with Crippen LogP contribution >= 0.6 is 0 Å². The number of benzene rings is 1. The summed E-state index contributed by atoms with van der Waals surface area (Å²) >= 11 is 0. The second-order valence-corrected chi connectivity index (χ2v) is 7.71. The molecule has 3 saturated heterocycles. The van der Waals surface area contributed by atoms with Gasteiger partial charge >= 0.3 is 0 Å². The van der Waals surface area contributed by atoms with Crippen LogP contribution in [0, 0.1) is 11.8 Å². The molecule has 1 aromatic heterocycles. The van der Waals surface area contributed by atoms with Crippen molar-refractivity contribution in [1.82, 2.24) is 4.98 Å². The molecule has 1 N–H and O–H groups in total. The van der Waals surface area contributed by atoms with Crippen molar-refractivity contribution in [1.29, 1.82) is 0 Å². The normalized spacial score (nSPS) is 32.4. The summed E-state index contributed by atoms with van der Waals surface area (Å²) in [5.41, 5.74) is 1.97. The van der Waals surface area contributed by atoms with E-state index in [0.29, 0.717) is 11.8 Å². The smallest absolute Gasteiger partial charge is 0.131 e. The third kappa shape index (κ3) is 2.62. The highest BCUT2D eigenvalue weighted by molar-refractivity contribution is 5.82. The van der Waals surface area contributed by atoms with E-state index in [1.165, 1.54) is 6.42 Å². The summed E-state index contributed by atoms with van der Waals surface area (Å²) in [6.45, 7) is 11.2. The lowest BCUT2D eigenvalue weighted by Crippen LogP contribution is -2.68. The van der Waals surface area contributed by atoms with Crippen molar-refractivity contribution in [3.05, 3.63) is 67.4 Å². The second-order valence-electron chi connectivity index (χ2n) is 7.71. The van der Waals surface area contributed by atoms with Crippen LogP contribution in [0.15, 0.2) is 61.8 Å². The van der Waals surface area contributed by atoms with Gasteiger partial charge in [-0.2, -0.15) is 0 Å². The van der Waals surface area contributed by atoms with Crippen LogP contribution in [0.1, 0.15) is 24.5 Å². The fourth-order valence-electron chi connectivity index (χ4n) is 5.26. The van der Waals surface area contributed by atoms with Gasteiger partial charge in [0.15, 0.2) is 0 Å². The fourth-order valence-corrected chi connectivity index (χ4v) is 5.26. The number of quaternary nitrogens is 1. The standard InChI is InChI=1S/C22H27N2O/c1-3-12-24-13-10-17(16(4-2)15-24)14-21(24)22(25)19-9-11-23-20-8-6-5-7-18(19)20/h3-9,11,16-17,21-22,25H,1-2,10,12-15H2/q+1/t16-,17-,21-,22+,24?/m0/s1. The maximum absolute atomic E-state index is 11.4. The Kier molecular flexibility index (Phi) is 4.22. The molecule has 0 radical (unpaired) electrons. The highest BCUT2D eigenvalue weighted by Crippen LogP contribution is 2.46. The van der Waals surface area contributed by atoms with Crippen molar-refractivity contribution in [2.24, 2.45) is 11.8 Å². The van der Waals surface area contributed by atoms with Gasteiger partial charge in [0.2, 0.25) is 0 Å². The number of aliphatic hydroxyl groups excluding tert-OH is 1. The Balaban J connectivity index is 1.74. The molecule has 3 heteroatoms. The van der Waals surface area contributed by atoms with Crippen LogP contribution in [0.3, 0.4) is 0 Å². The zero-order valence-corrected chi connectivity index (χ0v) is 14.7. The maximum Gasteiger partial charge on any atom is 0.131 e. The van der Waals surface area contributed by atoms with Crippen molar-refractivity contribution in [3.63, 3.8) is 0 Å². The number of aromatic nitrogens is 1. The molecule has 5 rings (SSSR count). The van der Waals surface area contributed by atoms with Crippen LogP contribution in [-0.4, -0.2) is 40.2 Å². The maximum atomic E-state index is 11.4. The monoisotopic (exact) mass is 335 g/mol. The van der Waals surface area contributed by atoms with Gasteiger partial charge in [-0.05, 0) is 29.7 Å². The number of hydrogen-bond donors (Lipinski definition) is 1. The number of aliphatic hydroxyl groups is 1. The third-order valence-electron chi connectivity index (χ3n) is 6.53. The molecule has 25 heavy (non-hydrogen) atoms. The van der Waals surface area contributed by atoms with E-state index >= 15 is 0 Å². The molecule has 0 spiro atoms. The number of hydrogen-bond acceptors (Lipinski definition) is 2. The van der Waals surface area contributed by atoms with Crippen LogP contribution in [-0.2, 0) is 0 Å². The molecular formula is C22H27N2O+. The van der Waals surface area contributed by atoms with E-state index in [-0.39, 0.29) is 6.04 Å². The number of pyridine rings is 1. The van der Waals surface area contributed by atoms with E-state index < -0.39 is 6.10 Å². The summed E-state index contributed by atoms with van der Waals surface area (Å²) < 4.78 is 0.939. The molecule has 2 bridgehead atoms. The summed E-state index contributed by atoms with van der Waals surface area (Å²) in [7, 11) is 0. The number of piperidine rings is 3. The molecule has 3 nitrogen and oxygen atoms in total. The van der Waals surface area contributed by atoms with Crippen LogP contribution in [0.25, 0.3) is 10.9 Å². The Bertz CT molecular complexity index is 796. The van der Waals surface area contributed by atoms with Gasteiger partial charge < -0.3 is 9.59 Å². The molecule has 1 unspecified atom stereocenters. The lowest BCUT2D eigenvalue weighted by Gasteiger charge is -2.57. The van der Waals surface area contributed by atoms with Gasteiger partial charge in [-0.1, -0.05) is 30.9 Å². The average Bonchev–Trinajstić information content (AvgIpc) is 2.67. The summed E-state index contributed by atoms with van der Waals surface area (Å²) in [6, 6.07) is 10.3. The molecule has 2 aromatic rings. The van der Waals surface area contributed by atoms with E-state index in [4.69, 9.17) is 0 Å². The SMILES string of the molecule is C=CC[N+]12CC[C@@H](C[C@H]1[C@H](O)c1ccnc3ccccc13)[C@@H](C=C)C2. The predicted molar refractivity (Wildman–Crippen MR) is 102 cm³/mol. The Labute approximate surface area is 149 Å². The van der Waals surface area contributed by atoms with Crippen molar-refractivity contribution in [2.75, 3.05) is 19.6 Å². The number of para-hydroxylation sites is 1. The molecular weight excluding hydrogens is 308 g/mol. The van der Waals surface area contributed by atoms with Crippen LogP contribution in [0.2, 0.25) is 0 Å². The molecule has 130 valence electrons. The highest BCUT2D eigenvalue weighted by Gasteiger charge is 2.53. The van der Waals surface area contributed by atoms with E-state index in [9.17, 15) is 5.11 Å². The van der Waals surface area contributed by atoms with E-state index in [2.05, 4.69) is 30.3 Å². The van der Waals surface area contributed by atoms with Crippen molar-refractivity contribution in [3.8, 4) is 0 Å². The molecule has 1 aromatic carbocycles. The third-order valence-corrected chi connectivity index (χ3v) is 6.53. The topological polar surface area (TPSA) is 33.1 Å². The van der Waals surface area contributed by atoms with Gasteiger partial charge in [-0.25, -0.2) is 0 Å². The van der Waals surface area contributed by atoms with Crippen LogP contribution in [0.5, 0.6) is 0 Å². The zero-order chi connectivity index (χ0) is 17.4. The van der Waals surface area contributed by atoms with Crippen LogP contribution < -0.4 is 0 Å². The first-order valence-electron chi connectivity index (χ1n) is 9.29. The number of fused-ring (bicyclic) bond motifs is 4. The molecule has 3 aliphatic heterocycles. The second kappa shape index (κ2) is 6.40. The van der Waals surface area contributed by atoms with Crippen molar-refractivity contribution in [2.45, 2.75) is 25.0 Å². The van der Waals surface area contributed by atoms with E-state index in [1.54, 1.807) is 0 Å². The quantitative estimate of drug-likeness (QED) is 0.665. The Morgan fingerprint density at radius 1 is 1.28 bits per heavy atom. The molecule has 0 saturated carbocycles. The highest BCUT2D eigenvalue weighted by atomic mass is 16.3. The lowest BCUT2D eigenvalue weighted by molar-refractivity contribution is -0.968. The Hall–Kier alpha value is -1.97. The minimum atomic E-state index is -0.471. The Morgan fingerprint density at radius 3 is 2.92 bits per heavy atom. The molecule has 4 heterocycles. The van der Waals surface area contributed by atoms with Gasteiger partial charge in [0.1, 0.15) is 12.1 Å². The predicted octanol–water partition coefficient (Wildman–Crippen LogP) is 3.87. The molecule has 0 amide bonds. The first-order chi connectivity index (χ1) is 12.2. The summed E-state index contributed by atoms with van der Waals surface area (Å²) in [5, 5.41) is 12.5. The Morgan fingerprint density at radius 2 is 2.12 bits per heavy atom. The number of nitrogens with zero attached hydrogens (tertiary/aromatic N) is 2. The summed E-state index contributed by atoms with van der Waals surface area (Å²) in [5.74, 6) is 1.21. The van der Waals surface area contributed by atoms with Gasteiger partial charge in [-0.3, -0.25) is 4.98 Å². The summed E-state index contributed by atoms with van der Waals surface area (Å²) in [6.07, 6.45) is 7.79. The molecule has 3 aliphatic rings. The largest absolute Gasteiger partial charge is 0.382 e. The van der Waals surface area contributed by atoms with Crippen molar-refractivity contribution >= 4 is 10.9 Å². The van der Waals surface area contributed by atoms with Gasteiger partial charge in [0.05, 0.1) is 25.2 Å². The first-order valence-corrected chi connectivity index (χ1v) is 9.29. The van der Waals surface area contributed by atoms with Gasteiger partial charge in [-0.15, -0.1) is 6.58 Å². The first kappa shape index (κ1) is 16.5. The minimum absolute atomic E-state index is 0.221. The zero-order valence-electron chi connectivity index (χ0n) is 14.7. The van der Waals surface area contributed by atoms with Gasteiger partial charge in [0, 0.05) is 30.3 Å². The summed E-state index contributed by atoms with van der Waals surface area (Å²) in [4.78, 5) is 4.45. The van der Waals surface area contributed by atoms with E-state index in [0.717, 1.165) is 47.0 Å². The minimum Gasteiger partial charge on any atom is -0.382 e. The number of rotatable bonds is 5. The lowest BCUT2D eigenvalue weighted by atomic mass is 9.71. The van der Waals surface area contributed by atoms with Crippen molar-refractivity contribution < 1.29 is 9.59 Å². The van der Waals surface area contributed by atoms with Crippen LogP contribution in [0.4, 0.5) is 0 Å². The average molecular weight is 335 g/mol.